The molecule has 1 rings (SSSR count). The van der Waals surface area contributed by atoms with Crippen LogP contribution in [0.5, 0.6) is 5.75 Å². The minimum atomic E-state index is -0.341. The van der Waals surface area contributed by atoms with Crippen LogP contribution in [-0.4, -0.2) is 19.7 Å². The van der Waals surface area contributed by atoms with E-state index < -0.39 is 0 Å². The van der Waals surface area contributed by atoms with E-state index in [0.29, 0.717) is 13.0 Å². The number of methoxy groups -OCH3 is 1. The van der Waals surface area contributed by atoms with E-state index >= 15 is 0 Å². The Kier molecular flexibility index (Phi) is 5.71. The number of ether oxygens (including phenoxy) is 2. The topological polar surface area (TPSA) is 35.5 Å². The first-order chi connectivity index (χ1) is 8.61. The van der Waals surface area contributed by atoms with Gasteiger partial charge in [0.05, 0.1) is 13.7 Å². The van der Waals surface area contributed by atoms with Crippen molar-refractivity contribution >= 4 is 12.0 Å². The number of benzene rings is 1. The molecule has 0 aliphatic carbocycles. The van der Waals surface area contributed by atoms with E-state index in [1.54, 1.807) is 13.2 Å². The first-order valence-electron chi connectivity index (χ1n) is 5.75. The average molecular weight is 246 g/mol. The molecule has 0 heterocycles. The molecule has 0 fully saturated rings. The van der Waals surface area contributed by atoms with Crippen LogP contribution in [0, 0.1) is 0 Å². The molecule has 0 aromatic heterocycles. The molecule has 0 saturated heterocycles. The summed E-state index contributed by atoms with van der Waals surface area (Å²) in [6.07, 6.45) is 3.82. The SMILES string of the molecule is C=C(C)CCOC(=O)/C=C/c1ccc(OC)cc1. The summed E-state index contributed by atoms with van der Waals surface area (Å²) in [5, 5.41) is 0. The lowest BCUT2D eigenvalue weighted by Crippen LogP contribution is -2.02. The molecular weight excluding hydrogens is 228 g/mol. The van der Waals surface area contributed by atoms with Crippen LogP contribution in [0.4, 0.5) is 0 Å². The maximum Gasteiger partial charge on any atom is 0.330 e. The Morgan fingerprint density at radius 3 is 2.56 bits per heavy atom. The Morgan fingerprint density at radius 1 is 1.33 bits per heavy atom. The maximum atomic E-state index is 11.4. The van der Waals surface area contributed by atoms with Crippen LogP contribution in [0.1, 0.15) is 18.9 Å². The van der Waals surface area contributed by atoms with Gasteiger partial charge in [-0.2, -0.15) is 0 Å². The van der Waals surface area contributed by atoms with E-state index in [0.717, 1.165) is 16.9 Å². The van der Waals surface area contributed by atoms with E-state index in [9.17, 15) is 4.79 Å². The third-order valence-electron chi connectivity index (χ3n) is 2.30. The molecule has 0 spiro atoms. The predicted octanol–water partition coefficient (Wildman–Crippen LogP) is 3.22. The van der Waals surface area contributed by atoms with Gasteiger partial charge in [-0.25, -0.2) is 4.79 Å². The average Bonchev–Trinajstić information content (AvgIpc) is 2.36. The van der Waals surface area contributed by atoms with Crippen LogP contribution < -0.4 is 4.74 Å². The first kappa shape index (κ1) is 14.0. The molecule has 0 amide bonds. The monoisotopic (exact) mass is 246 g/mol. The first-order valence-corrected chi connectivity index (χ1v) is 5.75. The second kappa shape index (κ2) is 7.33. The lowest BCUT2D eigenvalue weighted by molar-refractivity contribution is -0.137. The van der Waals surface area contributed by atoms with Gasteiger partial charge in [0, 0.05) is 12.5 Å². The zero-order valence-corrected chi connectivity index (χ0v) is 10.8. The highest BCUT2D eigenvalue weighted by atomic mass is 16.5. The van der Waals surface area contributed by atoms with E-state index in [1.165, 1.54) is 6.08 Å². The van der Waals surface area contributed by atoms with Crippen molar-refractivity contribution in [1.29, 1.82) is 0 Å². The van der Waals surface area contributed by atoms with Gasteiger partial charge in [-0.1, -0.05) is 17.7 Å². The molecule has 0 atom stereocenters. The smallest absolute Gasteiger partial charge is 0.330 e. The van der Waals surface area contributed by atoms with Gasteiger partial charge in [0.15, 0.2) is 0 Å². The molecule has 96 valence electrons. The van der Waals surface area contributed by atoms with Crippen molar-refractivity contribution in [3.05, 3.63) is 48.1 Å². The van der Waals surface area contributed by atoms with E-state index in [-0.39, 0.29) is 5.97 Å². The van der Waals surface area contributed by atoms with Crippen molar-refractivity contribution in [2.45, 2.75) is 13.3 Å². The van der Waals surface area contributed by atoms with E-state index in [2.05, 4.69) is 6.58 Å². The van der Waals surface area contributed by atoms with E-state index in [1.807, 2.05) is 31.2 Å². The molecule has 18 heavy (non-hydrogen) atoms. The number of hydrogen-bond donors (Lipinski definition) is 0. The fraction of sp³-hybridized carbons (Fsp3) is 0.267. The number of hydrogen-bond acceptors (Lipinski definition) is 3. The third-order valence-corrected chi connectivity index (χ3v) is 2.30. The van der Waals surface area contributed by atoms with Crippen LogP contribution in [0.15, 0.2) is 42.5 Å². The molecule has 0 N–H and O–H groups in total. The molecule has 0 aliphatic rings. The number of carbonyl (C=O) groups is 1. The summed E-state index contributed by atoms with van der Waals surface area (Å²) in [4.78, 5) is 11.4. The number of rotatable bonds is 6. The van der Waals surface area contributed by atoms with Gasteiger partial charge in [0.25, 0.3) is 0 Å². The van der Waals surface area contributed by atoms with Crippen molar-refractivity contribution in [3.63, 3.8) is 0 Å². The zero-order valence-electron chi connectivity index (χ0n) is 10.8. The van der Waals surface area contributed by atoms with Gasteiger partial charge in [-0.3, -0.25) is 0 Å². The Balaban J connectivity index is 2.42. The van der Waals surface area contributed by atoms with Crippen LogP contribution in [0.3, 0.4) is 0 Å². The third kappa shape index (κ3) is 5.34. The fourth-order valence-electron chi connectivity index (χ4n) is 1.25. The normalized spacial score (nSPS) is 10.3. The summed E-state index contributed by atoms with van der Waals surface area (Å²) < 4.78 is 10.1. The second-order valence-corrected chi connectivity index (χ2v) is 3.98. The summed E-state index contributed by atoms with van der Waals surface area (Å²) in [5.41, 5.74) is 1.93. The van der Waals surface area contributed by atoms with Gasteiger partial charge < -0.3 is 9.47 Å². The number of carbonyl (C=O) groups excluding carboxylic acids is 1. The molecule has 3 heteroatoms. The van der Waals surface area contributed by atoms with Gasteiger partial charge >= 0.3 is 5.97 Å². The molecule has 0 unspecified atom stereocenters. The summed E-state index contributed by atoms with van der Waals surface area (Å²) in [5.74, 6) is 0.447. The summed E-state index contributed by atoms with van der Waals surface area (Å²) in [7, 11) is 1.61. The highest BCUT2D eigenvalue weighted by Gasteiger charge is 1.97. The van der Waals surface area contributed by atoms with Gasteiger partial charge in [-0.15, -0.1) is 6.58 Å². The van der Waals surface area contributed by atoms with Crippen molar-refractivity contribution in [1.82, 2.24) is 0 Å². The summed E-state index contributed by atoms with van der Waals surface area (Å²) >= 11 is 0. The molecule has 3 nitrogen and oxygen atoms in total. The van der Waals surface area contributed by atoms with Crippen molar-refractivity contribution in [2.24, 2.45) is 0 Å². The van der Waals surface area contributed by atoms with Crippen LogP contribution >= 0.6 is 0 Å². The van der Waals surface area contributed by atoms with Crippen molar-refractivity contribution in [3.8, 4) is 5.75 Å². The van der Waals surface area contributed by atoms with E-state index in [4.69, 9.17) is 9.47 Å². The maximum absolute atomic E-state index is 11.4. The van der Waals surface area contributed by atoms with Crippen LogP contribution in [-0.2, 0) is 9.53 Å². The number of esters is 1. The quantitative estimate of drug-likeness (QED) is 0.439. The minimum Gasteiger partial charge on any atom is -0.497 e. The molecular formula is C15H18O3. The molecule has 0 radical (unpaired) electrons. The minimum absolute atomic E-state index is 0.341. The molecule has 0 saturated carbocycles. The van der Waals surface area contributed by atoms with Crippen molar-refractivity contribution < 1.29 is 14.3 Å². The Hall–Kier alpha value is -2.03. The van der Waals surface area contributed by atoms with Gasteiger partial charge in [0.1, 0.15) is 5.75 Å². The van der Waals surface area contributed by atoms with Crippen molar-refractivity contribution in [2.75, 3.05) is 13.7 Å². The molecule has 0 bridgehead atoms. The summed E-state index contributed by atoms with van der Waals surface area (Å²) in [6, 6.07) is 7.42. The Labute approximate surface area is 108 Å². The molecule has 1 aromatic rings. The largest absolute Gasteiger partial charge is 0.497 e. The Bertz CT molecular complexity index is 430. The highest BCUT2D eigenvalue weighted by Crippen LogP contribution is 2.12. The lowest BCUT2D eigenvalue weighted by atomic mass is 10.2. The predicted molar refractivity (Wildman–Crippen MR) is 72.4 cm³/mol. The van der Waals surface area contributed by atoms with Gasteiger partial charge in [-0.05, 0) is 30.7 Å². The second-order valence-electron chi connectivity index (χ2n) is 3.98. The van der Waals surface area contributed by atoms with Crippen LogP contribution in [0.2, 0.25) is 0 Å². The molecule has 0 aliphatic heterocycles. The van der Waals surface area contributed by atoms with Gasteiger partial charge in [0.2, 0.25) is 0 Å². The lowest BCUT2D eigenvalue weighted by Gasteiger charge is -2.01. The van der Waals surface area contributed by atoms with Crippen LogP contribution in [0.25, 0.3) is 6.08 Å². The summed E-state index contributed by atoms with van der Waals surface area (Å²) in [6.45, 7) is 6.02. The highest BCUT2D eigenvalue weighted by molar-refractivity contribution is 5.87. The standard InChI is InChI=1S/C15H18O3/c1-12(2)10-11-18-15(16)9-6-13-4-7-14(17-3)8-5-13/h4-9H,1,10-11H2,2-3H3/b9-6+. The molecule has 1 aromatic carbocycles. The Morgan fingerprint density at radius 2 is 2.00 bits per heavy atom. The zero-order chi connectivity index (χ0) is 13.4. The fourth-order valence-corrected chi connectivity index (χ4v) is 1.25.